The molecule has 120 valence electrons. The lowest BCUT2D eigenvalue weighted by Crippen LogP contribution is -2.49. The summed E-state index contributed by atoms with van der Waals surface area (Å²) in [5.74, 6) is 0.233. The SMILES string of the molecule is CCCNC(=O)[C@H]1CCCN(C(=S)NC[C@H]2CCCO2)C1. The van der Waals surface area contributed by atoms with Gasteiger partial charge in [-0.2, -0.15) is 0 Å². The van der Waals surface area contributed by atoms with Crippen LogP contribution in [0.5, 0.6) is 0 Å². The number of rotatable bonds is 5. The average Bonchev–Trinajstić information content (AvgIpc) is 3.03. The van der Waals surface area contributed by atoms with E-state index in [1.807, 2.05) is 0 Å². The van der Waals surface area contributed by atoms with Gasteiger partial charge in [0, 0.05) is 32.8 Å². The van der Waals surface area contributed by atoms with E-state index in [0.717, 1.165) is 70.0 Å². The summed E-state index contributed by atoms with van der Waals surface area (Å²) in [6, 6.07) is 0. The van der Waals surface area contributed by atoms with Gasteiger partial charge in [-0.15, -0.1) is 0 Å². The molecule has 0 aliphatic carbocycles. The number of hydrogen-bond acceptors (Lipinski definition) is 3. The molecule has 2 heterocycles. The molecule has 2 rings (SSSR count). The second-order valence-electron chi connectivity index (χ2n) is 5.90. The summed E-state index contributed by atoms with van der Waals surface area (Å²) in [4.78, 5) is 14.2. The van der Waals surface area contributed by atoms with E-state index in [-0.39, 0.29) is 17.9 Å². The van der Waals surface area contributed by atoms with E-state index in [2.05, 4.69) is 22.5 Å². The molecule has 1 amide bonds. The molecule has 0 spiro atoms. The standard InChI is InChI=1S/C15H27N3O2S/c1-2-7-16-14(19)12-5-3-8-18(11-12)15(21)17-10-13-6-4-9-20-13/h12-13H,2-11H2,1H3,(H,16,19)(H,17,21)/t12-,13+/m0/s1. The van der Waals surface area contributed by atoms with Crippen molar-refractivity contribution < 1.29 is 9.53 Å². The molecule has 0 aromatic carbocycles. The van der Waals surface area contributed by atoms with Gasteiger partial charge in [-0.3, -0.25) is 4.79 Å². The van der Waals surface area contributed by atoms with Gasteiger partial charge in [-0.25, -0.2) is 0 Å². The number of likely N-dealkylation sites (tertiary alicyclic amines) is 1. The molecule has 0 aromatic rings. The van der Waals surface area contributed by atoms with Gasteiger partial charge in [0.25, 0.3) is 0 Å². The molecule has 0 saturated carbocycles. The maximum atomic E-state index is 12.1. The summed E-state index contributed by atoms with van der Waals surface area (Å²) in [6.45, 7) is 6.14. The lowest BCUT2D eigenvalue weighted by Gasteiger charge is -2.34. The van der Waals surface area contributed by atoms with Crippen molar-refractivity contribution in [2.45, 2.75) is 45.1 Å². The maximum absolute atomic E-state index is 12.1. The zero-order valence-corrected chi connectivity index (χ0v) is 13.7. The molecule has 2 atom stereocenters. The molecule has 21 heavy (non-hydrogen) atoms. The van der Waals surface area contributed by atoms with Crippen molar-refractivity contribution in [3.8, 4) is 0 Å². The van der Waals surface area contributed by atoms with E-state index in [9.17, 15) is 4.79 Å². The van der Waals surface area contributed by atoms with Crippen molar-refractivity contribution >= 4 is 23.2 Å². The Morgan fingerprint density at radius 1 is 1.33 bits per heavy atom. The van der Waals surface area contributed by atoms with Crippen LogP contribution in [0.2, 0.25) is 0 Å². The minimum Gasteiger partial charge on any atom is -0.376 e. The molecule has 0 bridgehead atoms. The fraction of sp³-hybridized carbons (Fsp3) is 0.867. The summed E-state index contributed by atoms with van der Waals surface area (Å²) >= 11 is 5.46. The van der Waals surface area contributed by atoms with Crippen molar-refractivity contribution in [2.24, 2.45) is 5.92 Å². The molecule has 0 unspecified atom stereocenters. The van der Waals surface area contributed by atoms with Crippen LogP contribution in [0.1, 0.15) is 39.0 Å². The Morgan fingerprint density at radius 3 is 2.90 bits per heavy atom. The Bertz CT molecular complexity index is 359. The third-order valence-electron chi connectivity index (χ3n) is 4.13. The predicted octanol–water partition coefficient (Wildman–Crippen LogP) is 1.28. The molecule has 0 aromatic heterocycles. The lowest BCUT2D eigenvalue weighted by atomic mass is 9.97. The summed E-state index contributed by atoms with van der Waals surface area (Å²) in [5, 5.41) is 7.05. The zero-order valence-electron chi connectivity index (χ0n) is 12.9. The van der Waals surface area contributed by atoms with Gasteiger partial charge < -0.3 is 20.3 Å². The van der Waals surface area contributed by atoms with Gasteiger partial charge in [0.1, 0.15) is 0 Å². The summed E-state index contributed by atoms with van der Waals surface area (Å²) < 4.78 is 5.59. The molecule has 2 saturated heterocycles. The number of nitrogens with one attached hydrogen (secondary N) is 2. The van der Waals surface area contributed by atoms with Crippen LogP contribution in [0.25, 0.3) is 0 Å². The third kappa shape index (κ3) is 5.11. The van der Waals surface area contributed by atoms with Gasteiger partial charge in [0.05, 0.1) is 12.0 Å². The number of nitrogens with zero attached hydrogens (tertiary/aromatic N) is 1. The quantitative estimate of drug-likeness (QED) is 0.749. The fourth-order valence-electron chi connectivity index (χ4n) is 2.89. The fourth-order valence-corrected chi connectivity index (χ4v) is 3.14. The summed E-state index contributed by atoms with van der Waals surface area (Å²) in [6.07, 6.45) is 5.49. The van der Waals surface area contributed by atoms with Gasteiger partial charge in [-0.05, 0) is 44.3 Å². The number of thiocarbonyl (C=S) groups is 1. The van der Waals surface area contributed by atoms with Crippen molar-refractivity contribution in [2.75, 3.05) is 32.8 Å². The third-order valence-corrected chi connectivity index (χ3v) is 4.54. The Morgan fingerprint density at radius 2 is 2.19 bits per heavy atom. The van der Waals surface area contributed by atoms with Crippen LogP contribution in [-0.2, 0) is 9.53 Å². The summed E-state index contributed by atoms with van der Waals surface area (Å²) in [5.41, 5.74) is 0. The highest BCUT2D eigenvalue weighted by Crippen LogP contribution is 2.17. The van der Waals surface area contributed by atoms with Crippen molar-refractivity contribution in [3.63, 3.8) is 0 Å². The molecule has 0 radical (unpaired) electrons. The van der Waals surface area contributed by atoms with E-state index >= 15 is 0 Å². The highest BCUT2D eigenvalue weighted by atomic mass is 32.1. The van der Waals surface area contributed by atoms with Crippen molar-refractivity contribution in [1.29, 1.82) is 0 Å². The second-order valence-corrected chi connectivity index (χ2v) is 6.28. The van der Waals surface area contributed by atoms with E-state index < -0.39 is 0 Å². The van der Waals surface area contributed by atoms with Gasteiger partial charge in [0.15, 0.2) is 5.11 Å². The highest BCUT2D eigenvalue weighted by Gasteiger charge is 2.27. The van der Waals surface area contributed by atoms with Crippen LogP contribution in [0, 0.1) is 5.92 Å². The lowest BCUT2D eigenvalue weighted by molar-refractivity contribution is -0.126. The molecule has 5 nitrogen and oxygen atoms in total. The highest BCUT2D eigenvalue weighted by molar-refractivity contribution is 7.80. The van der Waals surface area contributed by atoms with Crippen LogP contribution in [-0.4, -0.2) is 54.8 Å². The molecule has 2 fully saturated rings. The minimum absolute atomic E-state index is 0.0628. The maximum Gasteiger partial charge on any atom is 0.224 e. The van der Waals surface area contributed by atoms with E-state index in [1.54, 1.807) is 0 Å². The van der Waals surface area contributed by atoms with Gasteiger partial charge >= 0.3 is 0 Å². The summed E-state index contributed by atoms with van der Waals surface area (Å²) in [7, 11) is 0. The predicted molar refractivity (Wildman–Crippen MR) is 87.2 cm³/mol. The molecule has 2 aliphatic rings. The molecule has 2 aliphatic heterocycles. The van der Waals surface area contributed by atoms with E-state index in [1.165, 1.54) is 0 Å². The largest absolute Gasteiger partial charge is 0.376 e. The molecule has 2 N–H and O–H groups in total. The number of ether oxygens (including phenoxy) is 1. The number of carbonyl (C=O) groups is 1. The van der Waals surface area contributed by atoms with Crippen LogP contribution >= 0.6 is 12.2 Å². The first-order valence-corrected chi connectivity index (χ1v) is 8.53. The Balaban J connectivity index is 1.74. The molecular weight excluding hydrogens is 286 g/mol. The topological polar surface area (TPSA) is 53.6 Å². The Hall–Kier alpha value is -0.880. The van der Waals surface area contributed by atoms with Crippen LogP contribution in [0.3, 0.4) is 0 Å². The number of hydrogen-bond donors (Lipinski definition) is 2. The first-order valence-electron chi connectivity index (χ1n) is 8.12. The number of amides is 1. The minimum atomic E-state index is 0.0628. The van der Waals surface area contributed by atoms with Crippen molar-refractivity contribution in [3.05, 3.63) is 0 Å². The van der Waals surface area contributed by atoms with Gasteiger partial charge in [-0.1, -0.05) is 6.92 Å². The average molecular weight is 313 g/mol. The van der Waals surface area contributed by atoms with Crippen molar-refractivity contribution in [1.82, 2.24) is 15.5 Å². The van der Waals surface area contributed by atoms with E-state index in [4.69, 9.17) is 17.0 Å². The van der Waals surface area contributed by atoms with Gasteiger partial charge in [0.2, 0.25) is 5.91 Å². The molecule has 6 heteroatoms. The Kier molecular flexibility index (Phi) is 6.70. The second kappa shape index (κ2) is 8.54. The number of carbonyl (C=O) groups excluding carboxylic acids is 1. The van der Waals surface area contributed by atoms with Crippen LogP contribution < -0.4 is 10.6 Å². The zero-order chi connectivity index (χ0) is 15.1. The smallest absolute Gasteiger partial charge is 0.224 e. The normalized spacial score (nSPS) is 25.7. The van der Waals surface area contributed by atoms with E-state index in [0.29, 0.717) is 0 Å². The monoisotopic (exact) mass is 313 g/mol. The first-order chi connectivity index (χ1) is 10.2. The molecular formula is C15H27N3O2S. The van der Waals surface area contributed by atoms with Crippen LogP contribution in [0.15, 0.2) is 0 Å². The van der Waals surface area contributed by atoms with Crippen LogP contribution in [0.4, 0.5) is 0 Å². The number of piperidine rings is 1. The Labute approximate surface area is 132 Å². The first kappa shape index (κ1) is 16.5.